The van der Waals surface area contributed by atoms with Gasteiger partial charge >= 0.3 is 0 Å². The lowest BCUT2D eigenvalue weighted by Crippen LogP contribution is -1.84. The molecule has 0 fully saturated rings. The number of anilines is 1. The Bertz CT molecular complexity index is 610. The van der Waals surface area contributed by atoms with Gasteiger partial charge in [0.1, 0.15) is 15.7 Å². The zero-order valence-electron chi connectivity index (χ0n) is 7.79. The van der Waals surface area contributed by atoms with Gasteiger partial charge in [0.25, 0.3) is 0 Å². The summed E-state index contributed by atoms with van der Waals surface area (Å²) in [6, 6.07) is 3.97. The molecule has 0 amide bonds. The predicted molar refractivity (Wildman–Crippen MR) is 60.7 cm³/mol. The highest BCUT2D eigenvalue weighted by Gasteiger charge is 2.03. The smallest absolute Gasteiger partial charge is 0.136 e. The second kappa shape index (κ2) is 3.06. The van der Waals surface area contributed by atoms with Gasteiger partial charge in [-0.1, -0.05) is 11.3 Å². The molecule has 4 nitrogen and oxygen atoms in total. The third kappa shape index (κ3) is 1.37. The van der Waals surface area contributed by atoms with Crippen LogP contribution in [0, 0.1) is 0 Å². The van der Waals surface area contributed by atoms with Crippen molar-refractivity contribution in [1.82, 2.24) is 14.4 Å². The van der Waals surface area contributed by atoms with Gasteiger partial charge in [-0.25, -0.2) is 9.97 Å². The molecule has 0 unspecified atom stereocenters. The summed E-state index contributed by atoms with van der Waals surface area (Å²) in [5, 5.41) is 1.67. The van der Waals surface area contributed by atoms with Crippen LogP contribution in [0.2, 0.25) is 0 Å². The highest BCUT2D eigenvalue weighted by atomic mass is 32.1. The summed E-state index contributed by atoms with van der Waals surface area (Å²) < 4.78 is 1.97. The molecule has 15 heavy (non-hydrogen) atoms. The van der Waals surface area contributed by atoms with Gasteiger partial charge in [-0.15, -0.1) is 0 Å². The van der Waals surface area contributed by atoms with Crippen LogP contribution in [0.3, 0.4) is 0 Å². The SMILES string of the molecule is Nc1cnc(-c2ccc3nccn3c2)s1. The highest BCUT2D eigenvalue weighted by molar-refractivity contribution is 7.18. The molecule has 0 aromatic carbocycles. The molecule has 0 bridgehead atoms. The van der Waals surface area contributed by atoms with Gasteiger partial charge in [0.15, 0.2) is 0 Å². The van der Waals surface area contributed by atoms with Gasteiger partial charge in [-0.2, -0.15) is 0 Å². The predicted octanol–water partition coefficient (Wildman–Crippen LogP) is 2.04. The van der Waals surface area contributed by atoms with Crippen LogP contribution in [0.4, 0.5) is 5.00 Å². The maximum Gasteiger partial charge on any atom is 0.136 e. The van der Waals surface area contributed by atoms with E-state index in [2.05, 4.69) is 9.97 Å². The number of nitrogens with zero attached hydrogens (tertiary/aromatic N) is 3. The van der Waals surface area contributed by atoms with E-state index in [0.29, 0.717) is 0 Å². The molecule has 74 valence electrons. The molecule has 3 aromatic heterocycles. The molecule has 0 spiro atoms. The zero-order valence-corrected chi connectivity index (χ0v) is 8.61. The molecule has 0 radical (unpaired) electrons. The number of hydrogen-bond donors (Lipinski definition) is 1. The molecule has 3 aromatic rings. The van der Waals surface area contributed by atoms with Crippen LogP contribution in [0.5, 0.6) is 0 Å². The molecule has 0 saturated carbocycles. The Morgan fingerprint density at radius 3 is 3.00 bits per heavy atom. The van der Waals surface area contributed by atoms with Gasteiger partial charge in [-0.05, 0) is 12.1 Å². The number of aromatic nitrogens is 3. The monoisotopic (exact) mass is 216 g/mol. The van der Waals surface area contributed by atoms with E-state index < -0.39 is 0 Å². The standard InChI is InChI=1S/C10H8N4S/c11-8-5-13-10(15-8)7-1-2-9-12-3-4-14(9)6-7/h1-6H,11H2. The number of pyridine rings is 1. The van der Waals surface area contributed by atoms with Crippen molar-refractivity contribution in [3.8, 4) is 10.6 Å². The Labute approximate surface area is 90.0 Å². The first-order valence-corrected chi connectivity index (χ1v) is 5.29. The van der Waals surface area contributed by atoms with Crippen molar-refractivity contribution in [2.75, 3.05) is 5.73 Å². The number of rotatable bonds is 1. The van der Waals surface area contributed by atoms with Crippen LogP contribution in [0.25, 0.3) is 16.2 Å². The lowest BCUT2D eigenvalue weighted by Gasteiger charge is -1.97. The molecule has 0 aliphatic heterocycles. The zero-order chi connectivity index (χ0) is 10.3. The number of imidazole rings is 1. The summed E-state index contributed by atoms with van der Waals surface area (Å²) in [6.07, 6.45) is 7.36. The van der Waals surface area contributed by atoms with Crippen molar-refractivity contribution in [1.29, 1.82) is 0 Å². The first-order valence-electron chi connectivity index (χ1n) is 4.47. The molecular weight excluding hydrogens is 208 g/mol. The molecule has 0 aliphatic rings. The highest BCUT2D eigenvalue weighted by Crippen LogP contribution is 2.26. The fraction of sp³-hybridized carbons (Fsp3) is 0. The maximum absolute atomic E-state index is 5.65. The van der Waals surface area contributed by atoms with Crippen molar-refractivity contribution in [2.24, 2.45) is 0 Å². The van der Waals surface area contributed by atoms with E-state index in [1.54, 1.807) is 12.4 Å². The number of nitrogens with two attached hydrogens (primary N) is 1. The van der Waals surface area contributed by atoms with Crippen molar-refractivity contribution in [3.63, 3.8) is 0 Å². The Morgan fingerprint density at radius 2 is 2.20 bits per heavy atom. The van der Waals surface area contributed by atoms with Gasteiger partial charge < -0.3 is 10.1 Å². The Kier molecular flexibility index (Phi) is 1.72. The maximum atomic E-state index is 5.65. The van der Waals surface area contributed by atoms with E-state index in [1.165, 1.54) is 11.3 Å². The lowest BCUT2D eigenvalue weighted by molar-refractivity contribution is 1.18. The first-order chi connectivity index (χ1) is 7.33. The topological polar surface area (TPSA) is 56.2 Å². The summed E-state index contributed by atoms with van der Waals surface area (Å²) in [4.78, 5) is 8.42. The average Bonchev–Trinajstić information content (AvgIpc) is 2.84. The van der Waals surface area contributed by atoms with Crippen LogP contribution >= 0.6 is 11.3 Å². The van der Waals surface area contributed by atoms with E-state index in [9.17, 15) is 0 Å². The molecule has 0 saturated heterocycles. The summed E-state index contributed by atoms with van der Waals surface area (Å²) in [6.45, 7) is 0. The average molecular weight is 216 g/mol. The fourth-order valence-corrected chi connectivity index (χ4v) is 2.14. The van der Waals surface area contributed by atoms with Crippen LogP contribution in [0.15, 0.2) is 36.9 Å². The lowest BCUT2D eigenvalue weighted by atomic mass is 10.3. The van der Waals surface area contributed by atoms with Crippen LogP contribution in [-0.2, 0) is 0 Å². The van der Waals surface area contributed by atoms with E-state index in [4.69, 9.17) is 5.73 Å². The van der Waals surface area contributed by atoms with Gasteiger partial charge in [0, 0.05) is 24.2 Å². The number of hydrogen-bond acceptors (Lipinski definition) is 4. The normalized spacial score (nSPS) is 10.9. The van der Waals surface area contributed by atoms with Crippen molar-refractivity contribution < 1.29 is 0 Å². The van der Waals surface area contributed by atoms with Crippen molar-refractivity contribution in [3.05, 3.63) is 36.9 Å². The summed E-state index contributed by atoms with van der Waals surface area (Å²) in [7, 11) is 0. The van der Waals surface area contributed by atoms with Crippen LogP contribution in [0.1, 0.15) is 0 Å². The number of nitrogen functional groups attached to an aromatic ring is 1. The molecule has 0 aliphatic carbocycles. The Hall–Kier alpha value is -1.88. The molecule has 3 heterocycles. The van der Waals surface area contributed by atoms with Crippen molar-refractivity contribution >= 4 is 22.0 Å². The van der Waals surface area contributed by atoms with Crippen LogP contribution < -0.4 is 5.73 Å². The number of fused-ring (bicyclic) bond motifs is 1. The molecule has 3 rings (SSSR count). The number of thiazole rings is 1. The van der Waals surface area contributed by atoms with Gasteiger partial charge in [0.2, 0.25) is 0 Å². The first kappa shape index (κ1) is 8.43. The van der Waals surface area contributed by atoms with E-state index >= 15 is 0 Å². The van der Waals surface area contributed by atoms with Gasteiger partial charge in [-0.3, -0.25) is 0 Å². The Morgan fingerprint density at radius 1 is 1.27 bits per heavy atom. The molecular formula is C10H8N4S. The molecule has 2 N–H and O–H groups in total. The largest absolute Gasteiger partial charge is 0.389 e. The fourth-order valence-electron chi connectivity index (χ4n) is 1.47. The summed E-state index contributed by atoms with van der Waals surface area (Å²) in [5.41, 5.74) is 7.64. The summed E-state index contributed by atoms with van der Waals surface area (Å²) >= 11 is 1.48. The molecule has 0 atom stereocenters. The second-order valence-electron chi connectivity index (χ2n) is 3.18. The third-order valence-electron chi connectivity index (χ3n) is 2.16. The van der Waals surface area contributed by atoms with E-state index in [-0.39, 0.29) is 0 Å². The second-order valence-corrected chi connectivity index (χ2v) is 4.24. The third-order valence-corrected chi connectivity index (χ3v) is 3.03. The van der Waals surface area contributed by atoms with Crippen molar-refractivity contribution in [2.45, 2.75) is 0 Å². The summed E-state index contributed by atoms with van der Waals surface area (Å²) in [5.74, 6) is 0. The van der Waals surface area contributed by atoms with Crippen LogP contribution in [-0.4, -0.2) is 14.4 Å². The van der Waals surface area contributed by atoms with Gasteiger partial charge in [0.05, 0.1) is 6.20 Å². The molecule has 5 heteroatoms. The van der Waals surface area contributed by atoms with E-state index in [0.717, 1.165) is 21.2 Å². The quantitative estimate of drug-likeness (QED) is 0.677. The minimum absolute atomic E-state index is 0.732. The minimum Gasteiger partial charge on any atom is -0.389 e. The van der Waals surface area contributed by atoms with E-state index in [1.807, 2.05) is 28.9 Å². The minimum atomic E-state index is 0.732. The Balaban J connectivity index is 2.18.